The minimum atomic E-state index is -4.46. The van der Waals surface area contributed by atoms with E-state index in [-0.39, 0.29) is 17.2 Å². The standard InChI is InChI=1S/C21H15F3N2O3/c22-21(23,24)15-6-3-14(4-7-15)19(27)25-16-8-5-13-9-10-26(17(13)12-16)20(28)18-2-1-11-29-18/h1-8,11-12H,9-10H2,(H,25,27). The van der Waals surface area contributed by atoms with E-state index in [1.807, 2.05) is 6.07 Å². The molecule has 3 aromatic rings. The van der Waals surface area contributed by atoms with Crippen molar-refractivity contribution < 1.29 is 27.2 Å². The molecule has 148 valence electrons. The van der Waals surface area contributed by atoms with E-state index >= 15 is 0 Å². The van der Waals surface area contributed by atoms with Crippen LogP contribution in [0.1, 0.15) is 32.0 Å². The second-order valence-corrected chi connectivity index (χ2v) is 6.56. The number of rotatable bonds is 3. The molecule has 2 amide bonds. The van der Waals surface area contributed by atoms with Gasteiger partial charge in [-0.3, -0.25) is 9.59 Å². The lowest BCUT2D eigenvalue weighted by Gasteiger charge is -2.17. The Hall–Kier alpha value is -3.55. The topological polar surface area (TPSA) is 62.6 Å². The molecule has 0 aliphatic carbocycles. The van der Waals surface area contributed by atoms with Crippen LogP contribution >= 0.6 is 0 Å². The molecule has 0 saturated heterocycles. The van der Waals surface area contributed by atoms with Crippen molar-refractivity contribution in [1.29, 1.82) is 0 Å². The number of nitrogens with zero attached hydrogens (tertiary/aromatic N) is 1. The van der Waals surface area contributed by atoms with Crippen LogP contribution in [-0.2, 0) is 12.6 Å². The van der Waals surface area contributed by atoms with Crippen molar-refractivity contribution in [2.75, 3.05) is 16.8 Å². The maximum atomic E-state index is 12.7. The molecule has 0 unspecified atom stereocenters. The van der Waals surface area contributed by atoms with Crippen molar-refractivity contribution >= 4 is 23.2 Å². The average molecular weight is 400 g/mol. The zero-order valence-electron chi connectivity index (χ0n) is 15.0. The van der Waals surface area contributed by atoms with E-state index < -0.39 is 17.6 Å². The van der Waals surface area contributed by atoms with Crippen LogP contribution < -0.4 is 10.2 Å². The van der Waals surface area contributed by atoms with Gasteiger partial charge in [0, 0.05) is 23.5 Å². The molecule has 5 nitrogen and oxygen atoms in total. The van der Waals surface area contributed by atoms with Crippen LogP contribution in [0.15, 0.2) is 65.3 Å². The summed E-state index contributed by atoms with van der Waals surface area (Å²) in [4.78, 5) is 26.6. The fourth-order valence-corrected chi connectivity index (χ4v) is 3.22. The van der Waals surface area contributed by atoms with Crippen LogP contribution in [0.2, 0.25) is 0 Å². The first-order chi connectivity index (χ1) is 13.8. The molecule has 0 spiro atoms. The average Bonchev–Trinajstić information content (AvgIpc) is 3.37. The van der Waals surface area contributed by atoms with Crippen molar-refractivity contribution in [2.24, 2.45) is 0 Å². The Morgan fingerprint density at radius 3 is 2.45 bits per heavy atom. The van der Waals surface area contributed by atoms with E-state index in [1.54, 1.807) is 29.2 Å². The largest absolute Gasteiger partial charge is 0.459 e. The Labute approximate surface area is 163 Å². The van der Waals surface area contributed by atoms with Gasteiger partial charge in [-0.2, -0.15) is 13.2 Å². The van der Waals surface area contributed by atoms with Crippen LogP contribution in [0.3, 0.4) is 0 Å². The zero-order valence-corrected chi connectivity index (χ0v) is 15.0. The fraction of sp³-hybridized carbons (Fsp3) is 0.143. The minimum Gasteiger partial charge on any atom is -0.459 e. The van der Waals surface area contributed by atoms with Crippen molar-refractivity contribution in [2.45, 2.75) is 12.6 Å². The molecule has 8 heteroatoms. The van der Waals surface area contributed by atoms with Gasteiger partial charge in [0.05, 0.1) is 11.8 Å². The lowest BCUT2D eigenvalue weighted by Crippen LogP contribution is -2.28. The highest BCUT2D eigenvalue weighted by molar-refractivity contribution is 6.07. The Bertz CT molecular complexity index is 1060. The number of anilines is 2. The molecule has 0 bridgehead atoms. The lowest BCUT2D eigenvalue weighted by atomic mass is 10.1. The molecule has 0 atom stereocenters. The summed E-state index contributed by atoms with van der Waals surface area (Å²) in [6.07, 6.45) is -2.36. The van der Waals surface area contributed by atoms with Crippen LogP contribution in [-0.4, -0.2) is 18.4 Å². The highest BCUT2D eigenvalue weighted by Crippen LogP contribution is 2.33. The molecule has 2 heterocycles. The first kappa shape index (κ1) is 18.8. The number of furan rings is 1. The summed E-state index contributed by atoms with van der Waals surface area (Å²) in [7, 11) is 0. The van der Waals surface area contributed by atoms with Gasteiger partial charge in [-0.1, -0.05) is 6.07 Å². The number of benzene rings is 2. The summed E-state index contributed by atoms with van der Waals surface area (Å²) in [6.45, 7) is 0.491. The molecule has 1 N–H and O–H groups in total. The molecular weight excluding hydrogens is 385 g/mol. The monoisotopic (exact) mass is 400 g/mol. The van der Waals surface area contributed by atoms with Crippen molar-refractivity contribution in [3.8, 4) is 0 Å². The molecular formula is C21H15F3N2O3. The van der Waals surface area contributed by atoms with E-state index in [0.717, 1.165) is 29.8 Å². The maximum absolute atomic E-state index is 12.7. The summed E-state index contributed by atoms with van der Waals surface area (Å²) >= 11 is 0. The summed E-state index contributed by atoms with van der Waals surface area (Å²) < 4.78 is 43.1. The first-order valence-corrected chi connectivity index (χ1v) is 8.80. The van der Waals surface area contributed by atoms with E-state index in [0.29, 0.717) is 24.3 Å². The Morgan fingerprint density at radius 1 is 1.03 bits per heavy atom. The Morgan fingerprint density at radius 2 is 1.79 bits per heavy atom. The molecule has 0 radical (unpaired) electrons. The van der Waals surface area contributed by atoms with Crippen LogP contribution in [0.4, 0.5) is 24.5 Å². The third kappa shape index (κ3) is 3.73. The molecule has 4 rings (SSSR count). The number of fused-ring (bicyclic) bond motifs is 1. The molecule has 1 aromatic heterocycles. The van der Waals surface area contributed by atoms with Gasteiger partial charge in [0.25, 0.3) is 11.8 Å². The smallest absolute Gasteiger partial charge is 0.416 e. The number of hydrogen-bond donors (Lipinski definition) is 1. The van der Waals surface area contributed by atoms with E-state index in [1.165, 1.54) is 6.26 Å². The van der Waals surface area contributed by atoms with E-state index in [9.17, 15) is 22.8 Å². The fourth-order valence-electron chi connectivity index (χ4n) is 3.22. The molecule has 29 heavy (non-hydrogen) atoms. The molecule has 1 aliphatic heterocycles. The van der Waals surface area contributed by atoms with Crippen LogP contribution in [0.25, 0.3) is 0 Å². The van der Waals surface area contributed by atoms with Gasteiger partial charge in [-0.25, -0.2) is 0 Å². The number of hydrogen-bond acceptors (Lipinski definition) is 3. The van der Waals surface area contributed by atoms with Gasteiger partial charge in [0.15, 0.2) is 5.76 Å². The Kier molecular flexibility index (Phi) is 4.62. The van der Waals surface area contributed by atoms with Crippen LogP contribution in [0.5, 0.6) is 0 Å². The SMILES string of the molecule is O=C(Nc1ccc2c(c1)N(C(=O)c1ccco1)CC2)c1ccc(C(F)(F)F)cc1. The molecule has 2 aromatic carbocycles. The summed E-state index contributed by atoms with van der Waals surface area (Å²) in [5.74, 6) is -0.599. The second kappa shape index (κ2) is 7.12. The van der Waals surface area contributed by atoms with E-state index in [4.69, 9.17) is 4.42 Å². The van der Waals surface area contributed by atoms with Crippen LogP contribution in [0, 0.1) is 0 Å². The summed E-state index contributed by atoms with van der Waals surface area (Å²) in [5, 5.41) is 2.66. The summed E-state index contributed by atoms with van der Waals surface area (Å²) in [6, 6.07) is 12.4. The second-order valence-electron chi connectivity index (χ2n) is 6.56. The maximum Gasteiger partial charge on any atom is 0.416 e. The third-order valence-electron chi connectivity index (χ3n) is 4.69. The highest BCUT2D eigenvalue weighted by Gasteiger charge is 2.30. The predicted molar refractivity (Wildman–Crippen MR) is 99.9 cm³/mol. The predicted octanol–water partition coefficient (Wildman–Crippen LogP) is 4.75. The molecule has 0 fully saturated rings. The lowest BCUT2D eigenvalue weighted by molar-refractivity contribution is -0.137. The molecule has 1 aliphatic rings. The van der Waals surface area contributed by atoms with Crippen molar-refractivity contribution in [3.05, 3.63) is 83.3 Å². The summed E-state index contributed by atoms with van der Waals surface area (Å²) in [5.41, 5.74) is 1.34. The highest BCUT2D eigenvalue weighted by atomic mass is 19.4. The number of carbonyl (C=O) groups excluding carboxylic acids is 2. The zero-order chi connectivity index (χ0) is 20.6. The van der Waals surface area contributed by atoms with Crippen molar-refractivity contribution in [1.82, 2.24) is 0 Å². The van der Waals surface area contributed by atoms with Gasteiger partial charge in [0.2, 0.25) is 0 Å². The number of halogens is 3. The normalized spacial score (nSPS) is 13.3. The first-order valence-electron chi connectivity index (χ1n) is 8.80. The third-order valence-corrected chi connectivity index (χ3v) is 4.69. The quantitative estimate of drug-likeness (QED) is 0.690. The van der Waals surface area contributed by atoms with E-state index in [2.05, 4.69) is 5.32 Å². The number of carbonyl (C=O) groups is 2. The molecule has 0 saturated carbocycles. The van der Waals surface area contributed by atoms with Crippen molar-refractivity contribution in [3.63, 3.8) is 0 Å². The number of alkyl halides is 3. The number of amides is 2. The number of nitrogens with one attached hydrogen (secondary N) is 1. The van der Waals surface area contributed by atoms with Gasteiger partial charge < -0.3 is 14.6 Å². The minimum absolute atomic E-state index is 0.0991. The van der Waals surface area contributed by atoms with Gasteiger partial charge in [-0.05, 0) is 60.5 Å². The van der Waals surface area contributed by atoms with Gasteiger partial charge >= 0.3 is 6.18 Å². The van der Waals surface area contributed by atoms with Gasteiger partial charge in [-0.15, -0.1) is 0 Å². The van der Waals surface area contributed by atoms with Gasteiger partial charge in [0.1, 0.15) is 0 Å². The Balaban J connectivity index is 1.53.